The molecule has 0 bridgehead atoms. The zero-order valence-electron chi connectivity index (χ0n) is 14.6. The maximum absolute atomic E-state index is 12.7. The third-order valence-electron chi connectivity index (χ3n) is 4.04. The quantitative estimate of drug-likeness (QED) is 0.326. The molecule has 0 aliphatic rings. The SMILES string of the molecule is COc1ccc(C[C@@H](C(=O)Nc2cc(C)ccc2C)/C(N)=N\O)cc1. The van der Waals surface area contributed by atoms with Gasteiger partial charge in [0.25, 0.3) is 0 Å². The molecule has 0 saturated carbocycles. The van der Waals surface area contributed by atoms with Crippen molar-refractivity contribution in [3.05, 3.63) is 59.2 Å². The zero-order chi connectivity index (χ0) is 18.4. The summed E-state index contributed by atoms with van der Waals surface area (Å²) in [7, 11) is 1.59. The van der Waals surface area contributed by atoms with Crippen LogP contribution in [0.2, 0.25) is 0 Å². The Kier molecular flexibility index (Phi) is 6.00. The molecule has 0 unspecified atom stereocenters. The molecular formula is C19H23N3O3. The molecule has 0 fully saturated rings. The van der Waals surface area contributed by atoms with Crippen LogP contribution >= 0.6 is 0 Å². The summed E-state index contributed by atoms with van der Waals surface area (Å²) in [4.78, 5) is 12.7. The molecule has 1 atom stereocenters. The van der Waals surface area contributed by atoms with E-state index < -0.39 is 5.92 Å². The summed E-state index contributed by atoms with van der Waals surface area (Å²) in [5.41, 5.74) is 9.34. The fraction of sp³-hybridized carbons (Fsp3) is 0.263. The highest BCUT2D eigenvalue weighted by Gasteiger charge is 2.24. The van der Waals surface area contributed by atoms with Gasteiger partial charge in [-0.25, -0.2) is 0 Å². The van der Waals surface area contributed by atoms with E-state index >= 15 is 0 Å². The Morgan fingerprint density at radius 2 is 1.92 bits per heavy atom. The largest absolute Gasteiger partial charge is 0.497 e. The van der Waals surface area contributed by atoms with Crippen LogP contribution < -0.4 is 15.8 Å². The molecule has 6 nitrogen and oxygen atoms in total. The highest BCUT2D eigenvalue weighted by atomic mass is 16.5. The number of amidine groups is 1. The third kappa shape index (κ3) is 4.73. The van der Waals surface area contributed by atoms with Gasteiger partial charge in [0, 0.05) is 5.69 Å². The first kappa shape index (κ1) is 18.3. The molecule has 0 spiro atoms. The molecule has 4 N–H and O–H groups in total. The molecule has 0 heterocycles. The Labute approximate surface area is 147 Å². The second kappa shape index (κ2) is 8.19. The highest BCUT2D eigenvalue weighted by Crippen LogP contribution is 2.20. The van der Waals surface area contributed by atoms with E-state index in [9.17, 15) is 4.79 Å². The van der Waals surface area contributed by atoms with E-state index in [-0.39, 0.29) is 11.7 Å². The lowest BCUT2D eigenvalue weighted by Gasteiger charge is -2.17. The van der Waals surface area contributed by atoms with Crippen molar-refractivity contribution in [3.63, 3.8) is 0 Å². The number of anilines is 1. The maximum atomic E-state index is 12.7. The number of rotatable bonds is 6. The number of benzene rings is 2. The van der Waals surface area contributed by atoms with Crippen molar-refractivity contribution < 1.29 is 14.7 Å². The Hall–Kier alpha value is -3.02. The molecule has 132 valence electrons. The van der Waals surface area contributed by atoms with Crippen LogP contribution in [-0.2, 0) is 11.2 Å². The predicted octanol–water partition coefficient (Wildman–Crippen LogP) is 2.86. The van der Waals surface area contributed by atoms with Gasteiger partial charge < -0.3 is 21.0 Å². The van der Waals surface area contributed by atoms with E-state index in [2.05, 4.69) is 10.5 Å². The first-order valence-electron chi connectivity index (χ1n) is 7.93. The van der Waals surface area contributed by atoms with Gasteiger partial charge in [0.1, 0.15) is 11.7 Å². The van der Waals surface area contributed by atoms with Crippen LogP contribution in [0.25, 0.3) is 0 Å². The first-order valence-corrected chi connectivity index (χ1v) is 7.93. The molecule has 0 radical (unpaired) electrons. The van der Waals surface area contributed by atoms with Crippen LogP contribution in [-0.4, -0.2) is 24.1 Å². The lowest BCUT2D eigenvalue weighted by Crippen LogP contribution is -2.36. The third-order valence-corrected chi connectivity index (χ3v) is 4.04. The van der Waals surface area contributed by atoms with E-state index in [0.717, 1.165) is 28.1 Å². The average molecular weight is 341 g/mol. The summed E-state index contributed by atoms with van der Waals surface area (Å²) >= 11 is 0. The van der Waals surface area contributed by atoms with E-state index in [1.165, 1.54) is 0 Å². The Morgan fingerprint density at radius 1 is 1.24 bits per heavy atom. The van der Waals surface area contributed by atoms with Crippen molar-refractivity contribution in [3.8, 4) is 5.75 Å². The van der Waals surface area contributed by atoms with Crippen molar-refractivity contribution in [1.29, 1.82) is 0 Å². The van der Waals surface area contributed by atoms with Crippen LogP contribution in [0.15, 0.2) is 47.6 Å². The molecular weight excluding hydrogens is 318 g/mol. The van der Waals surface area contributed by atoms with E-state index in [4.69, 9.17) is 15.7 Å². The van der Waals surface area contributed by atoms with E-state index in [0.29, 0.717) is 6.42 Å². The number of carbonyl (C=O) groups is 1. The van der Waals surface area contributed by atoms with Gasteiger partial charge in [-0.2, -0.15) is 0 Å². The summed E-state index contributed by atoms with van der Waals surface area (Å²) in [5.74, 6) is -0.499. The number of oxime groups is 1. The zero-order valence-corrected chi connectivity index (χ0v) is 14.6. The van der Waals surface area contributed by atoms with Crippen molar-refractivity contribution >= 4 is 17.4 Å². The number of ether oxygens (including phenoxy) is 1. The molecule has 2 rings (SSSR count). The minimum Gasteiger partial charge on any atom is -0.497 e. The maximum Gasteiger partial charge on any atom is 0.235 e. The summed E-state index contributed by atoms with van der Waals surface area (Å²) in [5, 5.41) is 14.9. The number of hydrogen-bond donors (Lipinski definition) is 3. The number of nitrogens with one attached hydrogen (secondary N) is 1. The summed E-state index contributed by atoms with van der Waals surface area (Å²) < 4.78 is 5.13. The number of hydrogen-bond acceptors (Lipinski definition) is 4. The van der Waals surface area contributed by atoms with Crippen LogP contribution in [0.1, 0.15) is 16.7 Å². The minimum atomic E-state index is -0.779. The lowest BCUT2D eigenvalue weighted by atomic mass is 9.97. The molecule has 1 amide bonds. The molecule has 0 aromatic heterocycles. The molecule has 0 aliphatic heterocycles. The molecule has 0 aliphatic carbocycles. The van der Waals surface area contributed by atoms with E-state index in [1.54, 1.807) is 19.2 Å². The lowest BCUT2D eigenvalue weighted by molar-refractivity contribution is -0.118. The normalized spacial score (nSPS) is 12.5. The van der Waals surface area contributed by atoms with Crippen LogP contribution in [0.3, 0.4) is 0 Å². The molecule has 0 saturated heterocycles. The standard InChI is InChI=1S/C19H23N3O3/c1-12-4-5-13(2)17(10-12)21-19(23)16(18(20)22-24)11-14-6-8-15(25-3)9-7-14/h4-10,16,24H,11H2,1-3H3,(H2,20,22)(H,21,23)/t16-/m1/s1. The molecule has 2 aromatic rings. The number of amides is 1. The van der Waals surface area contributed by atoms with Crippen LogP contribution in [0, 0.1) is 19.8 Å². The monoisotopic (exact) mass is 341 g/mol. The Bertz CT molecular complexity index is 770. The summed E-state index contributed by atoms with van der Waals surface area (Å²) in [6, 6.07) is 13.1. The number of aryl methyl sites for hydroxylation is 2. The number of nitrogens with two attached hydrogens (primary N) is 1. The first-order chi connectivity index (χ1) is 11.9. The second-order valence-electron chi connectivity index (χ2n) is 5.94. The van der Waals surface area contributed by atoms with Crippen molar-refractivity contribution in [2.75, 3.05) is 12.4 Å². The van der Waals surface area contributed by atoms with Gasteiger partial charge in [0.05, 0.1) is 7.11 Å². The minimum absolute atomic E-state index is 0.126. The highest BCUT2D eigenvalue weighted by molar-refractivity contribution is 6.08. The summed E-state index contributed by atoms with van der Waals surface area (Å²) in [6.45, 7) is 3.87. The Morgan fingerprint density at radius 3 is 2.52 bits per heavy atom. The fourth-order valence-electron chi connectivity index (χ4n) is 2.49. The average Bonchev–Trinajstić information content (AvgIpc) is 2.62. The van der Waals surface area contributed by atoms with Gasteiger partial charge in [-0.3, -0.25) is 4.79 Å². The van der Waals surface area contributed by atoms with Gasteiger partial charge in [0.15, 0.2) is 5.84 Å². The number of carbonyl (C=O) groups excluding carboxylic acids is 1. The molecule has 25 heavy (non-hydrogen) atoms. The van der Waals surface area contributed by atoms with Crippen molar-refractivity contribution in [2.45, 2.75) is 20.3 Å². The molecule has 2 aromatic carbocycles. The van der Waals surface area contributed by atoms with Crippen LogP contribution in [0.4, 0.5) is 5.69 Å². The van der Waals surface area contributed by atoms with Gasteiger partial charge >= 0.3 is 0 Å². The second-order valence-corrected chi connectivity index (χ2v) is 5.94. The van der Waals surface area contributed by atoms with Gasteiger partial charge in [0.2, 0.25) is 5.91 Å². The smallest absolute Gasteiger partial charge is 0.235 e. The fourth-order valence-corrected chi connectivity index (χ4v) is 2.49. The number of nitrogens with zero attached hydrogens (tertiary/aromatic N) is 1. The van der Waals surface area contributed by atoms with Gasteiger partial charge in [-0.1, -0.05) is 29.4 Å². The summed E-state index contributed by atoms with van der Waals surface area (Å²) in [6.07, 6.45) is 0.316. The van der Waals surface area contributed by atoms with Crippen LogP contribution in [0.5, 0.6) is 5.75 Å². The van der Waals surface area contributed by atoms with Gasteiger partial charge in [-0.15, -0.1) is 0 Å². The van der Waals surface area contributed by atoms with E-state index in [1.807, 2.05) is 44.2 Å². The number of methoxy groups -OCH3 is 1. The van der Waals surface area contributed by atoms with Crippen molar-refractivity contribution in [2.24, 2.45) is 16.8 Å². The van der Waals surface area contributed by atoms with Gasteiger partial charge in [-0.05, 0) is 55.2 Å². The Balaban J connectivity index is 2.21. The molecule has 6 heteroatoms. The topological polar surface area (TPSA) is 96.9 Å². The predicted molar refractivity (Wildman–Crippen MR) is 98.1 cm³/mol. The van der Waals surface area contributed by atoms with Crippen molar-refractivity contribution in [1.82, 2.24) is 0 Å².